The van der Waals surface area contributed by atoms with Gasteiger partial charge in [0, 0.05) is 47.9 Å². The van der Waals surface area contributed by atoms with Crippen molar-refractivity contribution in [2.45, 2.75) is 46.2 Å². The number of nitrogens with zero attached hydrogens (tertiary/aromatic N) is 3. The van der Waals surface area contributed by atoms with Crippen LogP contribution in [0.4, 0.5) is 0 Å². The number of nitrogens with one attached hydrogen (secondary N) is 2. The van der Waals surface area contributed by atoms with Crippen LogP contribution < -0.4 is 11.0 Å². The molecule has 0 amide bonds. The van der Waals surface area contributed by atoms with Gasteiger partial charge in [-0.25, -0.2) is 9.48 Å². The highest BCUT2D eigenvalue weighted by Crippen LogP contribution is 2.40. The number of allylic oxidation sites excluding steroid dienone is 4. The molecule has 2 N–H and O–H groups in total. The topological polar surface area (TPSA) is 67.6 Å². The molecule has 7 heteroatoms. The fraction of sp³-hybridized carbons (Fsp3) is 0.474. The molecule has 2 aliphatic rings. The largest absolute Gasteiger partial charge is 0.331 e. The second kappa shape index (κ2) is 6.28. The Morgan fingerprint density at radius 3 is 2.77 bits per heavy atom. The third-order valence-corrected chi connectivity index (χ3v) is 6.31. The molecule has 2 aromatic rings. The molecule has 26 heavy (non-hydrogen) atoms. The van der Waals surface area contributed by atoms with Gasteiger partial charge in [-0.05, 0) is 31.9 Å². The molecule has 0 bridgehead atoms. The first kappa shape index (κ1) is 17.4. The normalized spacial score (nSPS) is 26.0. The van der Waals surface area contributed by atoms with Crippen molar-refractivity contribution in [1.29, 1.82) is 0 Å². The van der Waals surface area contributed by atoms with Crippen molar-refractivity contribution in [2.75, 3.05) is 6.54 Å². The van der Waals surface area contributed by atoms with Crippen molar-refractivity contribution in [2.24, 2.45) is 5.92 Å². The number of H-pyrrole nitrogens is 1. The van der Waals surface area contributed by atoms with Crippen LogP contribution in [0.2, 0.25) is 0 Å². The molecule has 2 unspecified atom stereocenters. The molecule has 4 rings (SSSR count). The Hall–Kier alpha value is -2.05. The molecule has 138 valence electrons. The average Bonchev–Trinajstić information content (AvgIpc) is 3.20. The van der Waals surface area contributed by atoms with E-state index < -0.39 is 0 Å². The Kier molecular flexibility index (Phi) is 4.20. The predicted octanol–water partition coefficient (Wildman–Crippen LogP) is 3.22. The first-order valence-corrected chi connectivity index (χ1v) is 9.44. The lowest BCUT2D eigenvalue weighted by Gasteiger charge is -2.30. The van der Waals surface area contributed by atoms with Crippen LogP contribution in [0.5, 0.6) is 0 Å². The van der Waals surface area contributed by atoms with Gasteiger partial charge in [-0.1, -0.05) is 24.6 Å². The number of hydrogen-bond acceptors (Lipinski definition) is 3. The zero-order valence-corrected chi connectivity index (χ0v) is 16.3. The molecule has 0 saturated heterocycles. The van der Waals surface area contributed by atoms with Crippen LogP contribution in [0.1, 0.15) is 51.0 Å². The van der Waals surface area contributed by atoms with Gasteiger partial charge < -0.3 is 10.3 Å². The number of aromatic nitrogens is 4. The van der Waals surface area contributed by atoms with Crippen molar-refractivity contribution >= 4 is 11.6 Å². The van der Waals surface area contributed by atoms with E-state index in [1.54, 1.807) is 17.0 Å². The summed E-state index contributed by atoms with van der Waals surface area (Å²) in [6.45, 7) is 9.29. The van der Waals surface area contributed by atoms with Gasteiger partial charge in [-0.3, -0.25) is 4.57 Å². The lowest BCUT2D eigenvalue weighted by Crippen LogP contribution is -2.29. The summed E-state index contributed by atoms with van der Waals surface area (Å²) in [6, 6.07) is 0.167. The monoisotopic (exact) mass is 373 g/mol. The molecule has 3 atom stereocenters. The van der Waals surface area contributed by atoms with Gasteiger partial charge in [-0.2, -0.15) is 5.10 Å². The molecule has 1 aliphatic heterocycles. The van der Waals surface area contributed by atoms with Crippen molar-refractivity contribution < 1.29 is 0 Å². The minimum atomic E-state index is -0.152. The highest BCUT2D eigenvalue weighted by atomic mass is 35.5. The summed E-state index contributed by atoms with van der Waals surface area (Å²) in [4.78, 5) is 15.2. The Labute approximate surface area is 157 Å². The minimum absolute atomic E-state index is 0.0205. The van der Waals surface area contributed by atoms with E-state index in [1.165, 1.54) is 0 Å². The summed E-state index contributed by atoms with van der Waals surface area (Å²) < 4.78 is 3.69. The lowest BCUT2D eigenvalue weighted by atomic mass is 9.87. The second-order valence-corrected chi connectivity index (χ2v) is 7.69. The van der Waals surface area contributed by atoms with Crippen LogP contribution in [0.25, 0.3) is 5.82 Å². The third-order valence-electron chi connectivity index (χ3n) is 5.71. The molecule has 0 fully saturated rings. The van der Waals surface area contributed by atoms with Gasteiger partial charge in [0.05, 0.1) is 11.7 Å². The first-order chi connectivity index (χ1) is 12.4. The third kappa shape index (κ3) is 2.51. The summed E-state index contributed by atoms with van der Waals surface area (Å²) in [5, 5.41) is 9.28. The number of hydrogen-bond donors (Lipinski definition) is 2. The fourth-order valence-corrected chi connectivity index (χ4v) is 4.31. The Morgan fingerprint density at radius 1 is 1.31 bits per heavy atom. The minimum Gasteiger partial charge on any atom is -0.312 e. The maximum absolute atomic E-state index is 12.4. The Bertz CT molecular complexity index is 976. The van der Waals surface area contributed by atoms with Gasteiger partial charge in [0.25, 0.3) is 0 Å². The summed E-state index contributed by atoms with van der Waals surface area (Å²) in [5.41, 5.74) is 4.23. The zero-order chi connectivity index (χ0) is 18.6. The molecule has 3 heterocycles. The molecule has 0 aromatic carbocycles. The molecule has 0 saturated carbocycles. The Balaban J connectivity index is 1.96. The van der Waals surface area contributed by atoms with Gasteiger partial charge in [-0.15, -0.1) is 0 Å². The van der Waals surface area contributed by atoms with Gasteiger partial charge in [0.15, 0.2) is 0 Å². The molecule has 0 radical (unpaired) electrons. The molecule has 2 aromatic heterocycles. The van der Waals surface area contributed by atoms with E-state index in [4.69, 9.17) is 16.7 Å². The van der Waals surface area contributed by atoms with Crippen molar-refractivity contribution in [3.05, 3.63) is 56.4 Å². The van der Waals surface area contributed by atoms with E-state index in [-0.39, 0.29) is 23.7 Å². The fourth-order valence-electron chi connectivity index (χ4n) is 4.08. The van der Waals surface area contributed by atoms with Gasteiger partial charge in [0.2, 0.25) is 0 Å². The average molecular weight is 374 g/mol. The van der Waals surface area contributed by atoms with Crippen LogP contribution in [-0.4, -0.2) is 25.9 Å². The number of rotatable bonds is 2. The molecule has 1 aliphatic carbocycles. The van der Waals surface area contributed by atoms with Gasteiger partial charge >= 0.3 is 5.69 Å². The van der Waals surface area contributed by atoms with Crippen molar-refractivity contribution in [3.8, 4) is 5.82 Å². The van der Waals surface area contributed by atoms with Crippen molar-refractivity contribution in [3.63, 3.8) is 0 Å². The Morgan fingerprint density at radius 2 is 2.08 bits per heavy atom. The van der Waals surface area contributed by atoms with Crippen LogP contribution in [0.15, 0.2) is 39.4 Å². The number of imidazole rings is 1. The number of fused-ring (bicyclic) bond motifs is 1. The summed E-state index contributed by atoms with van der Waals surface area (Å²) in [6.07, 6.45) is 6.47. The second-order valence-electron chi connectivity index (χ2n) is 7.32. The van der Waals surface area contributed by atoms with Crippen LogP contribution in [-0.2, 0) is 6.42 Å². The maximum Gasteiger partial charge on any atom is 0.331 e. The summed E-state index contributed by atoms with van der Waals surface area (Å²) >= 11 is 6.47. The van der Waals surface area contributed by atoms with E-state index in [0.717, 1.165) is 46.2 Å². The van der Waals surface area contributed by atoms with E-state index in [1.807, 2.05) is 11.6 Å². The highest BCUT2D eigenvalue weighted by molar-refractivity contribution is 6.32. The number of halogens is 1. The van der Waals surface area contributed by atoms with E-state index in [2.05, 4.69) is 37.1 Å². The highest BCUT2D eigenvalue weighted by Gasteiger charge is 2.33. The van der Waals surface area contributed by atoms with Crippen LogP contribution in [0.3, 0.4) is 0 Å². The van der Waals surface area contributed by atoms with E-state index in [0.29, 0.717) is 0 Å². The van der Waals surface area contributed by atoms with Crippen LogP contribution in [0, 0.1) is 5.92 Å². The van der Waals surface area contributed by atoms with Gasteiger partial charge in [0.1, 0.15) is 5.82 Å². The number of aromatic amines is 1. The van der Waals surface area contributed by atoms with E-state index in [9.17, 15) is 4.79 Å². The predicted molar refractivity (Wildman–Crippen MR) is 103 cm³/mol. The first-order valence-electron chi connectivity index (χ1n) is 9.06. The molecule has 0 spiro atoms. The zero-order valence-electron chi connectivity index (χ0n) is 15.5. The van der Waals surface area contributed by atoms with Crippen LogP contribution >= 0.6 is 11.6 Å². The SMILES string of the molecule is CC1=CC(n2nc3c(c2-n2cc[nH]c2=O)[C@H](C)NCC3)C(C)C(C)=C1Cl. The molecule has 6 nitrogen and oxygen atoms in total. The van der Waals surface area contributed by atoms with Crippen molar-refractivity contribution in [1.82, 2.24) is 24.6 Å². The molecular formula is C19H24ClN5O. The quantitative estimate of drug-likeness (QED) is 0.849. The summed E-state index contributed by atoms with van der Waals surface area (Å²) in [7, 11) is 0. The maximum atomic E-state index is 12.4. The molecular weight excluding hydrogens is 350 g/mol. The smallest absolute Gasteiger partial charge is 0.312 e. The summed E-state index contributed by atoms with van der Waals surface area (Å²) in [5.74, 6) is 1.04. The van der Waals surface area contributed by atoms with E-state index >= 15 is 0 Å². The lowest BCUT2D eigenvalue weighted by molar-refractivity contribution is 0.416. The standard InChI is InChI=1S/C19H24ClN5O/c1-10-9-15(11(2)12(3)17(10)20)25-18(24-8-7-22-19(24)26)16-13(4)21-6-5-14(16)23-25/h7-9,11,13,15,21H,5-6H2,1-4H3,(H,22,26)/t11?,13-,15?/m0/s1.